The number of nitrogens with zero attached hydrogens (tertiary/aromatic N) is 4. The molecule has 126 valence electrons. The molecule has 2 aromatic heterocycles. The average molecular weight is 329 g/mol. The van der Waals surface area contributed by atoms with E-state index in [1.807, 2.05) is 4.90 Å². The SMILES string of the molecule is O=C(c1ccn[nH]1)N1CCO[C@@H]2[C@@H](COc3ncccn3)CC[C@H]21. The number of fused-ring (bicyclic) bond motifs is 1. The number of hydrogen-bond acceptors (Lipinski definition) is 6. The monoisotopic (exact) mass is 329 g/mol. The Hall–Kier alpha value is -2.48. The Balaban J connectivity index is 1.42. The third-order valence-corrected chi connectivity index (χ3v) is 4.68. The largest absolute Gasteiger partial charge is 0.463 e. The van der Waals surface area contributed by atoms with E-state index in [9.17, 15) is 4.79 Å². The number of H-pyrrole nitrogens is 1. The molecule has 3 heterocycles. The zero-order valence-corrected chi connectivity index (χ0v) is 13.2. The molecule has 1 amide bonds. The van der Waals surface area contributed by atoms with Crippen LogP contribution in [0.3, 0.4) is 0 Å². The molecular weight excluding hydrogens is 310 g/mol. The summed E-state index contributed by atoms with van der Waals surface area (Å²) >= 11 is 0. The number of aromatic amines is 1. The summed E-state index contributed by atoms with van der Waals surface area (Å²) in [7, 11) is 0. The van der Waals surface area contributed by atoms with E-state index in [0.29, 0.717) is 31.5 Å². The van der Waals surface area contributed by atoms with Crippen LogP contribution in [0.2, 0.25) is 0 Å². The molecule has 2 fully saturated rings. The molecule has 8 heteroatoms. The predicted octanol–water partition coefficient (Wildman–Crippen LogP) is 0.898. The Bertz CT molecular complexity index is 678. The lowest BCUT2D eigenvalue weighted by Gasteiger charge is -2.39. The van der Waals surface area contributed by atoms with Crippen molar-refractivity contribution in [2.45, 2.75) is 25.0 Å². The van der Waals surface area contributed by atoms with E-state index < -0.39 is 0 Å². The molecule has 0 bridgehead atoms. The summed E-state index contributed by atoms with van der Waals surface area (Å²) in [5.41, 5.74) is 0.521. The van der Waals surface area contributed by atoms with Gasteiger partial charge in [0.15, 0.2) is 0 Å². The number of ether oxygens (including phenoxy) is 2. The van der Waals surface area contributed by atoms with Crippen molar-refractivity contribution < 1.29 is 14.3 Å². The molecule has 1 saturated carbocycles. The minimum Gasteiger partial charge on any atom is -0.463 e. The molecular formula is C16H19N5O3. The van der Waals surface area contributed by atoms with Gasteiger partial charge in [0.05, 0.1) is 25.4 Å². The quantitative estimate of drug-likeness (QED) is 0.896. The maximum atomic E-state index is 12.6. The lowest BCUT2D eigenvalue weighted by atomic mass is 10.0. The molecule has 0 aromatic carbocycles. The second-order valence-corrected chi connectivity index (χ2v) is 6.05. The second-order valence-electron chi connectivity index (χ2n) is 6.05. The third kappa shape index (κ3) is 2.84. The number of morpholine rings is 1. The summed E-state index contributed by atoms with van der Waals surface area (Å²) < 4.78 is 11.6. The fourth-order valence-electron chi connectivity index (χ4n) is 3.56. The van der Waals surface area contributed by atoms with Crippen molar-refractivity contribution in [2.75, 3.05) is 19.8 Å². The summed E-state index contributed by atoms with van der Waals surface area (Å²) in [4.78, 5) is 22.7. The van der Waals surface area contributed by atoms with Crippen molar-refractivity contribution in [1.82, 2.24) is 25.1 Å². The molecule has 4 rings (SSSR count). The molecule has 8 nitrogen and oxygen atoms in total. The van der Waals surface area contributed by atoms with Gasteiger partial charge in [-0.1, -0.05) is 0 Å². The number of rotatable bonds is 4. The van der Waals surface area contributed by atoms with Gasteiger partial charge < -0.3 is 14.4 Å². The van der Waals surface area contributed by atoms with Crippen molar-refractivity contribution in [1.29, 1.82) is 0 Å². The van der Waals surface area contributed by atoms with Crippen molar-refractivity contribution >= 4 is 5.91 Å². The minimum absolute atomic E-state index is 0.00525. The van der Waals surface area contributed by atoms with E-state index in [-0.39, 0.29) is 24.0 Å². The standard InChI is InChI=1S/C16H19N5O3/c22-15(12-4-7-19-20-12)21-8-9-23-14-11(2-3-13(14)21)10-24-16-17-5-1-6-18-16/h1,4-7,11,13-14H,2-3,8-10H2,(H,19,20)/t11-,13-,14-/m1/s1. The lowest BCUT2D eigenvalue weighted by molar-refractivity contribution is -0.0684. The highest BCUT2D eigenvalue weighted by molar-refractivity contribution is 5.92. The molecule has 1 aliphatic carbocycles. The normalized spacial score (nSPS) is 26.2. The number of carbonyl (C=O) groups excluding carboxylic acids is 1. The average Bonchev–Trinajstić information content (AvgIpc) is 3.30. The summed E-state index contributed by atoms with van der Waals surface area (Å²) in [5, 5.41) is 6.61. The molecule has 24 heavy (non-hydrogen) atoms. The van der Waals surface area contributed by atoms with Crippen LogP contribution in [0.25, 0.3) is 0 Å². The molecule has 0 radical (unpaired) electrons. The van der Waals surface area contributed by atoms with Crippen molar-refractivity contribution in [3.8, 4) is 6.01 Å². The molecule has 1 N–H and O–H groups in total. The smallest absolute Gasteiger partial charge is 0.316 e. The van der Waals surface area contributed by atoms with Crippen LogP contribution in [-0.2, 0) is 4.74 Å². The van der Waals surface area contributed by atoms with Crippen LogP contribution in [-0.4, -0.2) is 62.9 Å². The maximum absolute atomic E-state index is 12.6. The van der Waals surface area contributed by atoms with Gasteiger partial charge in [-0.2, -0.15) is 5.10 Å². The van der Waals surface area contributed by atoms with Crippen LogP contribution < -0.4 is 4.74 Å². The molecule has 1 aliphatic heterocycles. The highest BCUT2D eigenvalue weighted by Crippen LogP contribution is 2.35. The van der Waals surface area contributed by atoms with E-state index in [2.05, 4.69) is 20.2 Å². The molecule has 2 aromatic rings. The number of aromatic nitrogens is 4. The Morgan fingerprint density at radius 1 is 1.33 bits per heavy atom. The van der Waals surface area contributed by atoms with E-state index in [4.69, 9.17) is 9.47 Å². The molecule has 3 atom stereocenters. The summed E-state index contributed by atoms with van der Waals surface area (Å²) in [6.45, 7) is 1.64. The molecule has 1 saturated heterocycles. The first kappa shape index (κ1) is 15.1. The first-order valence-electron chi connectivity index (χ1n) is 8.14. The van der Waals surface area contributed by atoms with Crippen molar-refractivity contribution in [3.63, 3.8) is 0 Å². The summed E-state index contributed by atoms with van der Waals surface area (Å²) in [6, 6.07) is 3.92. The van der Waals surface area contributed by atoms with Gasteiger partial charge in [-0.3, -0.25) is 9.89 Å². The summed E-state index contributed by atoms with van der Waals surface area (Å²) in [5.74, 6) is 0.218. The third-order valence-electron chi connectivity index (χ3n) is 4.68. The van der Waals surface area contributed by atoms with Gasteiger partial charge in [-0.25, -0.2) is 9.97 Å². The number of carbonyl (C=O) groups is 1. The topological polar surface area (TPSA) is 93.2 Å². The Morgan fingerprint density at radius 2 is 2.21 bits per heavy atom. The van der Waals surface area contributed by atoms with Gasteiger partial charge in [0, 0.05) is 31.1 Å². The minimum atomic E-state index is -0.0150. The van der Waals surface area contributed by atoms with Gasteiger partial charge in [0.25, 0.3) is 5.91 Å². The van der Waals surface area contributed by atoms with Crippen molar-refractivity contribution in [2.24, 2.45) is 5.92 Å². The van der Waals surface area contributed by atoms with Crippen molar-refractivity contribution in [3.05, 3.63) is 36.4 Å². The van der Waals surface area contributed by atoms with E-state index >= 15 is 0 Å². The first-order chi connectivity index (χ1) is 11.8. The van der Waals surface area contributed by atoms with Gasteiger partial charge >= 0.3 is 6.01 Å². The van der Waals surface area contributed by atoms with Crippen LogP contribution in [0.4, 0.5) is 0 Å². The fraction of sp³-hybridized carbons (Fsp3) is 0.500. The molecule has 0 unspecified atom stereocenters. The van der Waals surface area contributed by atoms with E-state index in [0.717, 1.165) is 12.8 Å². The Kier molecular flexibility index (Phi) is 4.12. The Labute approximate surface area is 139 Å². The van der Waals surface area contributed by atoms with Crippen LogP contribution in [0.5, 0.6) is 6.01 Å². The first-order valence-corrected chi connectivity index (χ1v) is 8.14. The van der Waals surface area contributed by atoms with Gasteiger partial charge in [0.2, 0.25) is 0 Å². The lowest BCUT2D eigenvalue weighted by Crippen LogP contribution is -2.53. The van der Waals surface area contributed by atoms with Gasteiger partial charge in [-0.15, -0.1) is 0 Å². The second kappa shape index (κ2) is 6.56. The number of amides is 1. The Morgan fingerprint density at radius 3 is 3.00 bits per heavy atom. The highest BCUT2D eigenvalue weighted by Gasteiger charge is 2.45. The van der Waals surface area contributed by atoms with Crippen LogP contribution in [0.1, 0.15) is 23.3 Å². The molecule has 0 spiro atoms. The van der Waals surface area contributed by atoms with E-state index in [1.165, 1.54) is 0 Å². The van der Waals surface area contributed by atoms with Gasteiger partial charge in [0.1, 0.15) is 5.69 Å². The number of hydrogen-bond donors (Lipinski definition) is 1. The maximum Gasteiger partial charge on any atom is 0.316 e. The summed E-state index contributed by atoms with van der Waals surface area (Å²) in [6.07, 6.45) is 6.76. The van der Waals surface area contributed by atoms with Crippen LogP contribution in [0, 0.1) is 5.92 Å². The van der Waals surface area contributed by atoms with E-state index in [1.54, 1.807) is 30.7 Å². The zero-order chi connectivity index (χ0) is 16.4. The molecule has 2 aliphatic rings. The van der Waals surface area contributed by atoms with Gasteiger partial charge in [-0.05, 0) is 25.0 Å². The fourth-order valence-corrected chi connectivity index (χ4v) is 3.56. The number of nitrogens with one attached hydrogen (secondary N) is 1. The predicted molar refractivity (Wildman–Crippen MR) is 83.4 cm³/mol. The van der Waals surface area contributed by atoms with Crippen LogP contribution in [0.15, 0.2) is 30.7 Å². The highest BCUT2D eigenvalue weighted by atomic mass is 16.5. The zero-order valence-electron chi connectivity index (χ0n) is 13.2. The van der Waals surface area contributed by atoms with Crippen LogP contribution >= 0.6 is 0 Å².